The van der Waals surface area contributed by atoms with Crippen molar-refractivity contribution in [1.82, 2.24) is 0 Å². The molecule has 4 atom stereocenters. The molecule has 0 radical (unpaired) electrons. The van der Waals surface area contributed by atoms with Gasteiger partial charge in [-0.05, 0) is 31.0 Å². The minimum absolute atomic E-state index is 0.0233. The number of hydrogen-bond donors (Lipinski definition) is 2. The zero-order chi connectivity index (χ0) is 25.1. The molecule has 33 heavy (non-hydrogen) atoms. The normalized spacial score (nSPS) is 14.4. The van der Waals surface area contributed by atoms with Crippen LogP contribution in [0.1, 0.15) is 65.4 Å². The fraction of sp³-hybridized carbons (Fsp3) is 0.565. The Bertz CT molecular complexity index is 839. The number of nitrogens with two attached hydrogens (primary N) is 1. The van der Waals surface area contributed by atoms with E-state index in [1.54, 1.807) is 27.7 Å². The Morgan fingerprint density at radius 3 is 2.06 bits per heavy atom. The minimum Gasteiger partial charge on any atom is -0.480 e. The summed E-state index contributed by atoms with van der Waals surface area (Å²) in [5, 5.41) is 9.59. The lowest BCUT2D eigenvalue weighted by atomic mass is 9.79. The average Bonchev–Trinajstić information content (AvgIpc) is 2.78. The number of esters is 2. The summed E-state index contributed by atoms with van der Waals surface area (Å²) in [5.41, 5.74) is 6.40. The summed E-state index contributed by atoms with van der Waals surface area (Å²) >= 11 is 0. The lowest BCUT2D eigenvalue weighted by molar-refractivity contribution is -0.140. The molecule has 3 unspecified atom stereocenters. The van der Waals surface area contributed by atoms with Gasteiger partial charge in [0.05, 0.1) is 6.61 Å². The number of hydrogen-bond acceptors (Lipinski definition) is 9. The van der Waals surface area contributed by atoms with Crippen LogP contribution >= 0.6 is 0 Å². The number of rotatable bonds is 12. The molecule has 0 heterocycles. The standard InChI is InChI=1S/C23H33NO9/c1-6-11-30-23(29)31-14(5)13(4)20(21(24)22(27)28)15-9-10-16(32-18(25)7-2)17(12-15)33-19(26)8-3/h9-10,12-14,20-21H,6-8,11,24H2,1-5H3,(H,27,28)/t13?,14?,20?,21-/m0/s1. The number of carboxylic acids is 1. The maximum atomic E-state index is 11.9. The SMILES string of the molecule is CCCOC(=O)OC(C)C(C)C(c1ccc(OC(=O)CC)c(OC(=O)CC)c1)[C@H](N)C(=O)O. The summed E-state index contributed by atoms with van der Waals surface area (Å²) in [5.74, 6) is -3.78. The molecular weight excluding hydrogens is 434 g/mol. The molecule has 0 aliphatic heterocycles. The Labute approximate surface area is 193 Å². The third-order valence-electron chi connectivity index (χ3n) is 5.06. The highest BCUT2D eigenvalue weighted by Crippen LogP contribution is 2.37. The van der Waals surface area contributed by atoms with Gasteiger partial charge in [0.25, 0.3) is 0 Å². The third kappa shape index (κ3) is 8.38. The van der Waals surface area contributed by atoms with E-state index in [1.807, 2.05) is 6.92 Å². The lowest BCUT2D eigenvalue weighted by Crippen LogP contribution is -2.42. The molecule has 0 fully saturated rings. The second-order valence-corrected chi connectivity index (χ2v) is 7.53. The van der Waals surface area contributed by atoms with Crippen LogP contribution in [-0.4, -0.2) is 47.9 Å². The molecular formula is C23H33NO9. The van der Waals surface area contributed by atoms with E-state index >= 15 is 0 Å². The topological polar surface area (TPSA) is 151 Å². The van der Waals surface area contributed by atoms with Gasteiger partial charge in [-0.1, -0.05) is 33.8 Å². The molecule has 1 aromatic carbocycles. The van der Waals surface area contributed by atoms with Crippen LogP contribution in [-0.2, 0) is 23.9 Å². The highest BCUT2D eigenvalue weighted by Gasteiger charge is 2.36. The van der Waals surface area contributed by atoms with Crippen LogP contribution in [0.15, 0.2) is 18.2 Å². The Morgan fingerprint density at radius 1 is 0.970 bits per heavy atom. The third-order valence-corrected chi connectivity index (χ3v) is 5.06. The second kappa shape index (κ2) is 13.4. The number of aliphatic carboxylic acids is 1. The van der Waals surface area contributed by atoms with E-state index in [9.17, 15) is 24.3 Å². The molecule has 10 nitrogen and oxygen atoms in total. The van der Waals surface area contributed by atoms with Crippen molar-refractivity contribution in [2.45, 2.75) is 71.9 Å². The quantitative estimate of drug-likeness (QED) is 0.345. The van der Waals surface area contributed by atoms with E-state index in [0.717, 1.165) is 0 Å². The van der Waals surface area contributed by atoms with Crippen molar-refractivity contribution in [2.75, 3.05) is 6.61 Å². The van der Waals surface area contributed by atoms with Crippen molar-refractivity contribution < 1.29 is 43.2 Å². The van der Waals surface area contributed by atoms with E-state index in [-0.39, 0.29) is 30.9 Å². The molecule has 184 valence electrons. The van der Waals surface area contributed by atoms with E-state index in [0.29, 0.717) is 12.0 Å². The van der Waals surface area contributed by atoms with Crippen LogP contribution in [0.4, 0.5) is 4.79 Å². The molecule has 0 saturated heterocycles. The van der Waals surface area contributed by atoms with Gasteiger partial charge in [0.1, 0.15) is 12.1 Å². The first-order chi connectivity index (χ1) is 15.5. The van der Waals surface area contributed by atoms with Gasteiger partial charge >= 0.3 is 24.1 Å². The van der Waals surface area contributed by atoms with Crippen molar-refractivity contribution in [1.29, 1.82) is 0 Å². The number of carbonyl (C=O) groups excluding carboxylic acids is 3. The van der Waals surface area contributed by atoms with Crippen LogP contribution < -0.4 is 15.2 Å². The predicted octanol–water partition coefficient (Wildman–Crippen LogP) is 3.40. The number of carboxylic acid groups (broad SMARTS) is 1. The molecule has 0 amide bonds. The van der Waals surface area contributed by atoms with E-state index < -0.39 is 48.0 Å². The number of benzene rings is 1. The van der Waals surface area contributed by atoms with Crippen molar-refractivity contribution in [2.24, 2.45) is 11.7 Å². The van der Waals surface area contributed by atoms with Gasteiger partial charge in [-0.3, -0.25) is 14.4 Å². The zero-order valence-corrected chi connectivity index (χ0v) is 19.7. The monoisotopic (exact) mass is 467 g/mol. The van der Waals surface area contributed by atoms with Gasteiger partial charge in [0, 0.05) is 24.7 Å². The number of carbonyl (C=O) groups is 4. The first kappa shape index (κ1) is 27.9. The number of ether oxygens (including phenoxy) is 4. The first-order valence-electron chi connectivity index (χ1n) is 10.9. The van der Waals surface area contributed by atoms with Crippen LogP contribution in [0.5, 0.6) is 11.5 Å². The molecule has 0 saturated carbocycles. The van der Waals surface area contributed by atoms with Gasteiger partial charge in [-0.25, -0.2) is 4.79 Å². The zero-order valence-electron chi connectivity index (χ0n) is 19.7. The van der Waals surface area contributed by atoms with Gasteiger partial charge in [-0.2, -0.15) is 0 Å². The van der Waals surface area contributed by atoms with Gasteiger partial charge in [0.2, 0.25) is 0 Å². The molecule has 1 rings (SSSR count). The van der Waals surface area contributed by atoms with Gasteiger partial charge in [0.15, 0.2) is 11.5 Å². The predicted molar refractivity (Wildman–Crippen MR) is 118 cm³/mol. The maximum Gasteiger partial charge on any atom is 0.508 e. The molecule has 3 N–H and O–H groups in total. The van der Waals surface area contributed by atoms with Crippen molar-refractivity contribution in [3.8, 4) is 11.5 Å². The Morgan fingerprint density at radius 2 is 1.55 bits per heavy atom. The fourth-order valence-corrected chi connectivity index (χ4v) is 3.05. The highest BCUT2D eigenvalue weighted by atomic mass is 16.7. The summed E-state index contributed by atoms with van der Waals surface area (Å²) < 4.78 is 20.8. The fourth-order valence-electron chi connectivity index (χ4n) is 3.05. The van der Waals surface area contributed by atoms with E-state index in [1.165, 1.54) is 18.2 Å². The Balaban J connectivity index is 3.35. The van der Waals surface area contributed by atoms with Crippen LogP contribution in [0.2, 0.25) is 0 Å². The van der Waals surface area contributed by atoms with Crippen molar-refractivity contribution >= 4 is 24.1 Å². The van der Waals surface area contributed by atoms with Crippen LogP contribution in [0.3, 0.4) is 0 Å². The second-order valence-electron chi connectivity index (χ2n) is 7.53. The van der Waals surface area contributed by atoms with Crippen molar-refractivity contribution in [3.05, 3.63) is 23.8 Å². The summed E-state index contributed by atoms with van der Waals surface area (Å²) in [6.45, 7) is 8.55. The Kier molecular flexibility index (Phi) is 11.3. The summed E-state index contributed by atoms with van der Waals surface area (Å²) in [4.78, 5) is 47.3. The maximum absolute atomic E-state index is 11.9. The van der Waals surface area contributed by atoms with Gasteiger partial charge in [-0.15, -0.1) is 0 Å². The average molecular weight is 468 g/mol. The molecule has 10 heteroatoms. The van der Waals surface area contributed by atoms with E-state index in [4.69, 9.17) is 24.7 Å². The molecule has 0 aliphatic rings. The smallest absolute Gasteiger partial charge is 0.480 e. The molecule has 0 spiro atoms. The molecule has 1 aromatic rings. The Hall–Kier alpha value is -3.14. The summed E-state index contributed by atoms with van der Waals surface area (Å²) in [7, 11) is 0. The van der Waals surface area contributed by atoms with Gasteiger partial charge < -0.3 is 29.8 Å². The lowest BCUT2D eigenvalue weighted by Gasteiger charge is -2.31. The van der Waals surface area contributed by atoms with Crippen LogP contribution in [0.25, 0.3) is 0 Å². The molecule has 0 aromatic heterocycles. The highest BCUT2D eigenvalue weighted by molar-refractivity contribution is 5.77. The van der Waals surface area contributed by atoms with E-state index in [2.05, 4.69) is 0 Å². The molecule has 0 aliphatic carbocycles. The minimum atomic E-state index is -1.36. The largest absolute Gasteiger partial charge is 0.508 e. The van der Waals surface area contributed by atoms with Crippen molar-refractivity contribution in [3.63, 3.8) is 0 Å². The first-order valence-corrected chi connectivity index (χ1v) is 10.9. The van der Waals surface area contributed by atoms with Crippen LogP contribution in [0, 0.1) is 5.92 Å². The molecule has 0 bridgehead atoms. The summed E-state index contributed by atoms with van der Waals surface area (Å²) in [6.07, 6.45) is -0.804. The summed E-state index contributed by atoms with van der Waals surface area (Å²) in [6, 6.07) is 3.00.